The van der Waals surface area contributed by atoms with Gasteiger partial charge in [0, 0.05) is 0 Å². The summed E-state index contributed by atoms with van der Waals surface area (Å²) in [5.41, 5.74) is 7.09. The van der Waals surface area contributed by atoms with Crippen LogP contribution in [0.5, 0.6) is 5.75 Å². The largest absolute Gasteiger partial charge is 0.489 e. The molecule has 0 heterocycles. The van der Waals surface area contributed by atoms with Crippen molar-refractivity contribution in [1.29, 1.82) is 0 Å². The van der Waals surface area contributed by atoms with Crippen molar-refractivity contribution < 1.29 is 20.1 Å². The first-order valence-electron chi connectivity index (χ1n) is 12.5. The minimum atomic E-state index is -0.805. The first-order chi connectivity index (χ1) is 16.6. The van der Waals surface area contributed by atoms with Gasteiger partial charge >= 0.3 is 0 Å². The van der Waals surface area contributed by atoms with Crippen molar-refractivity contribution in [3.8, 4) is 16.9 Å². The summed E-state index contributed by atoms with van der Waals surface area (Å²) in [6, 6.07) is 18.2. The lowest BCUT2D eigenvalue weighted by Gasteiger charge is -2.28. The topological polar surface area (TPSA) is 69.9 Å². The molecule has 188 valence electrons. The Morgan fingerprint density at radius 1 is 0.771 bits per heavy atom. The Bertz CT molecular complexity index is 1150. The van der Waals surface area contributed by atoms with Crippen LogP contribution in [-0.2, 0) is 30.8 Å². The van der Waals surface area contributed by atoms with Crippen molar-refractivity contribution in [2.45, 2.75) is 85.2 Å². The van der Waals surface area contributed by atoms with E-state index in [1.165, 1.54) is 5.56 Å². The summed E-state index contributed by atoms with van der Waals surface area (Å²) in [5.74, 6) is 0.770. The fraction of sp³-hybridized carbons (Fsp3) is 0.419. The number of rotatable bonds is 9. The fourth-order valence-electron chi connectivity index (χ4n) is 4.64. The second-order valence-electron chi connectivity index (χ2n) is 10.4. The summed E-state index contributed by atoms with van der Waals surface area (Å²) < 4.78 is 6.16. The molecule has 4 heteroatoms. The monoisotopic (exact) mass is 476 g/mol. The highest BCUT2D eigenvalue weighted by atomic mass is 16.5. The van der Waals surface area contributed by atoms with Crippen LogP contribution in [0, 0.1) is 6.92 Å². The number of hydrogen-bond donors (Lipinski definition) is 3. The molecular formula is C31H40O4. The molecular weight excluding hydrogens is 436 g/mol. The molecule has 3 aromatic carbocycles. The Morgan fingerprint density at radius 3 is 2.03 bits per heavy atom. The van der Waals surface area contributed by atoms with Gasteiger partial charge in [-0.05, 0) is 87.9 Å². The smallest absolute Gasteiger partial charge is 0.120 e. The van der Waals surface area contributed by atoms with E-state index >= 15 is 0 Å². The number of aryl methyl sites for hydroxylation is 1. The van der Waals surface area contributed by atoms with Crippen LogP contribution in [0.3, 0.4) is 0 Å². The molecule has 0 aliphatic heterocycles. The zero-order chi connectivity index (χ0) is 25.8. The third-order valence-electron chi connectivity index (χ3n) is 7.04. The zero-order valence-electron chi connectivity index (χ0n) is 22.0. The first-order valence-corrected chi connectivity index (χ1v) is 12.5. The van der Waals surface area contributed by atoms with Crippen LogP contribution in [-0.4, -0.2) is 15.3 Å². The molecule has 0 atom stereocenters. The molecule has 0 aliphatic rings. The minimum Gasteiger partial charge on any atom is -0.489 e. The SMILES string of the molecule is CCC(O)(CC)c1ccc(-c2cc(OCc3ccc(CO)c(CO)c3)ccc2C(C)(C)C)c(C)c1. The van der Waals surface area contributed by atoms with Gasteiger partial charge in [-0.25, -0.2) is 0 Å². The van der Waals surface area contributed by atoms with Crippen LogP contribution in [0.1, 0.15) is 80.8 Å². The molecule has 0 unspecified atom stereocenters. The predicted molar refractivity (Wildman–Crippen MR) is 142 cm³/mol. The van der Waals surface area contributed by atoms with Gasteiger partial charge in [-0.15, -0.1) is 0 Å². The molecule has 0 bridgehead atoms. The van der Waals surface area contributed by atoms with Gasteiger partial charge in [0.05, 0.1) is 18.8 Å². The Morgan fingerprint density at radius 2 is 1.46 bits per heavy atom. The zero-order valence-corrected chi connectivity index (χ0v) is 22.0. The van der Waals surface area contributed by atoms with Gasteiger partial charge in [0.2, 0.25) is 0 Å². The van der Waals surface area contributed by atoms with E-state index in [0.717, 1.165) is 39.1 Å². The number of hydrogen-bond acceptors (Lipinski definition) is 4. The molecule has 35 heavy (non-hydrogen) atoms. The van der Waals surface area contributed by atoms with Crippen molar-refractivity contribution >= 4 is 0 Å². The second-order valence-corrected chi connectivity index (χ2v) is 10.4. The molecule has 3 rings (SSSR count). The third-order valence-corrected chi connectivity index (χ3v) is 7.04. The van der Waals surface area contributed by atoms with E-state index in [4.69, 9.17) is 4.74 Å². The molecule has 0 saturated heterocycles. The second kappa shape index (κ2) is 10.9. The molecule has 0 amide bonds. The molecule has 0 aromatic heterocycles. The maximum atomic E-state index is 11.0. The molecule has 0 fully saturated rings. The van der Waals surface area contributed by atoms with E-state index < -0.39 is 5.60 Å². The highest BCUT2D eigenvalue weighted by Gasteiger charge is 2.26. The summed E-state index contributed by atoms with van der Waals surface area (Å²) in [6.07, 6.45) is 1.35. The van der Waals surface area contributed by atoms with Gasteiger partial charge in [-0.2, -0.15) is 0 Å². The summed E-state index contributed by atoms with van der Waals surface area (Å²) in [4.78, 5) is 0. The summed E-state index contributed by atoms with van der Waals surface area (Å²) in [7, 11) is 0. The van der Waals surface area contributed by atoms with E-state index in [2.05, 4.69) is 58.0 Å². The van der Waals surface area contributed by atoms with Crippen molar-refractivity contribution in [3.05, 3.63) is 88.0 Å². The van der Waals surface area contributed by atoms with Crippen LogP contribution in [0.15, 0.2) is 54.6 Å². The third kappa shape index (κ3) is 5.95. The normalized spacial score (nSPS) is 12.1. The Kier molecular flexibility index (Phi) is 8.42. The minimum absolute atomic E-state index is 0.0529. The number of aliphatic hydroxyl groups is 3. The number of benzene rings is 3. The molecule has 4 nitrogen and oxygen atoms in total. The first kappa shape index (κ1) is 26.9. The lowest BCUT2D eigenvalue weighted by atomic mass is 9.80. The molecule has 0 radical (unpaired) electrons. The summed E-state index contributed by atoms with van der Waals surface area (Å²) in [5, 5.41) is 30.0. The maximum absolute atomic E-state index is 11.0. The van der Waals surface area contributed by atoms with E-state index in [0.29, 0.717) is 25.0 Å². The van der Waals surface area contributed by atoms with Gasteiger partial charge in [0.15, 0.2) is 0 Å². The van der Waals surface area contributed by atoms with Crippen molar-refractivity contribution in [2.75, 3.05) is 0 Å². The van der Waals surface area contributed by atoms with E-state index in [1.54, 1.807) is 0 Å². The molecule has 0 saturated carbocycles. The molecule has 0 aliphatic carbocycles. The van der Waals surface area contributed by atoms with Gasteiger partial charge in [-0.1, -0.05) is 71.0 Å². The molecule has 3 aromatic rings. The van der Waals surface area contributed by atoms with Gasteiger partial charge in [0.1, 0.15) is 12.4 Å². The molecule has 0 spiro atoms. The lowest BCUT2D eigenvalue weighted by Crippen LogP contribution is -2.23. The predicted octanol–water partition coefficient (Wildman–Crippen LogP) is 6.53. The van der Waals surface area contributed by atoms with Crippen LogP contribution in [0.2, 0.25) is 0 Å². The van der Waals surface area contributed by atoms with E-state index in [9.17, 15) is 15.3 Å². The van der Waals surface area contributed by atoms with Crippen LogP contribution >= 0.6 is 0 Å². The number of ether oxygens (including phenoxy) is 1. The Balaban J connectivity index is 1.97. The summed E-state index contributed by atoms with van der Waals surface area (Å²) >= 11 is 0. The Hall–Kier alpha value is -2.66. The standard InChI is InChI=1S/C31H40O4/c1-7-31(34,8-2)25-11-13-27(21(3)15-25)28-17-26(12-14-29(28)30(4,5)6)35-20-22-9-10-23(18-32)24(16-22)19-33/h9-17,32-34H,7-8,18-20H2,1-6H3. The van der Waals surface area contributed by atoms with Crippen LogP contribution < -0.4 is 4.74 Å². The van der Waals surface area contributed by atoms with E-state index in [-0.39, 0.29) is 18.6 Å². The number of aliphatic hydroxyl groups excluding tert-OH is 2. The fourth-order valence-corrected chi connectivity index (χ4v) is 4.64. The average Bonchev–Trinajstić information content (AvgIpc) is 2.85. The van der Waals surface area contributed by atoms with Crippen LogP contribution in [0.25, 0.3) is 11.1 Å². The maximum Gasteiger partial charge on any atom is 0.120 e. The van der Waals surface area contributed by atoms with Crippen LogP contribution in [0.4, 0.5) is 0 Å². The highest BCUT2D eigenvalue weighted by molar-refractivity contribution is 5.73. The van der Waals surface area contributed by atoms with Gasteiger partial charge in [-0.3, -0.25) is 0 Å². The van der Waals surface area contributed by atoms with Gasteiger partial charge < -0.3 is 20.1 Å². The Labute approximate surface area is 210 Å². The van der Waals surface area contributed by atoms with Crippen molar-refractivity contribution in [1.82, 2.24) is 0 Å². The highest BCUT2D eigenvalue weighted by Crippen LogP contribution is 2.39. The van der Waals surface area contributed by atoms with Crippen molar-refractivity contribution in [3.63, 3.8) is 0 Å². The lowest BCUT2D eigenvalue weighted by molar-refractivity contribution is 0.0283. The van der Waals surface area contributed by atoms with Crippen molar-refractivity contribution in [2.24, 2.45) is 0 Å². The quantitative estimate of drug-likeness (QED) is 0.328. The van der Waals surface area contributed by atoms with Gasteiger partial charge in [0.25, 0.3) is 0 Å². The van der Waals surface area contributed by atoms with E-state index in [1.807, 2.05) is 38.1 Å². The summed E-state index contributed by atoms with van der Waals surface area (Å²) in [6.45, 7) is 12.9. The molecule has 3 N–H and O–H groups in total. The average molecular weight is 477 g/mol.